The summed E-state index contributed by atoms with van der Waals surface area (Å²) in [6, 6.07) is 23.1. The highest BCUT2D eigenvalue weighted by molar-refractivity contribution is 9.10. The largest absolute Gasteiger partial charge is 0.495 e. The third kappa shape index (κ3) is 2.86. The van der Waals surface area contributed by atoms with Crippen LogP contribution in [0.2, 0.25) is 5.02 Å². The fraction of sp³-hybridized carbons (Fsp3) is 0.0833. The highest BCUT2D eigenvalue weighted by Crippen LogP contribution is 2.39. The van der Waals surface area contributed by atoms with Gasteiger partial charge in [0, 0.05) is 28.0 Å². The van der Waals surface area contributed by atoms with E-state index in [-0.39, 0.29) is 0 Å². The van der Waals surface area contributed by atoms with Crippen LogP contribution in [-0.2, 0) is 6.42 Å². The minimum absolute atomic E-state index is 0.624. The van der Waals surface area contributed by atoms with Gasteiger partial charge in [-0.25, -0.2) is 0 Å². The first-order valence-corrected chi connectivity index (χ1v) is 10.2. The quantitative estimate of drug-likeness (QED) is 0.323. The molecule has 1 aliphatic carbocycles. The maximum absolute atomic E-state index is 6.41. The van der Waals surface area contributed by atoms with Crippen LogP contribution in [0.4, 0.5) is 0 Å². The number of hydrogen-bond donors (Lipinski definition) is 0. The zero-order chi connectivity index (χ0) is 19.3. The third-order valence-corrected chi connectivity index (χ3v) is 6.02. The average Bonchev–Trinajstić information content (AvgIpc) is 3.28. The molecule has 0 bridgehead atoms. The predicted octanol–water partition coefficient (Wildman–Crippen LogP) is 7.15. The lowest BCUT2D eigenvalue weighted by Gasteiger charge is -2.12. The highest BCUT2D eigenvalue weighted by Gasteiger charge is 2.21. The lowest BCUT2D eigenvalue weighted by Crippen LogP contribution is -2.00. The van der Waals surface area contributed by atoms with Crippen LogP contribution < -0.4 is 4.74 Å². The van der Waals surface area contributed by atoms with E-state index in [1.165, 1.54) is 22.4 Å². The Kier molecular flexibility index (Phi) is 4.30. The van der Waals surface area contributed by atoms with Crippen molar-refractivity contribution in [1.82, 2.24) is 4.57 Å². The van der Waals surface area contributed by atoms with Gasteiger partial charge < -0.3 is 9.30 Å². The highest BCUT2D eigenvalue weighted by atomic mass is 79.9. The van der Waals surface area contributed by atoms with Crippen LogP contribution in [0.1, 0.15) is 16.8 Å². The van der Waals surface area contributed by atoms with E-state index in [0.29, 0.717) is 10.8 Å². The van der Waals surface area contributed by atoms with Gasteiger partial charge in [0.2, 0.25) is 0 Å². The molecule has 0 aliphatic heterocycles. The lowest BCUT2D eigenvalue weighted by molar-refractivity contribution is 0.415. The number of methoxy groups -OCH3 is 1. The number of allylic oxidation sites excluding steroid dienone is 1. The predicted molar refractivity (Wildman–Crippen MR) is 121 cm³/mol. The second-order valence-corrected chi connectivity index (χ2v) is 8.26. The van der Waals surface area contributed by atoms with Gasteiger partial charge in [0.1, 0.15) is 5.75 Å². The molecule has 1 aromatic heterocycles. The minimum Gasteiger partial charge on any atom is -0.495 e. The normalized spacial score (nSPS) is 12.9. The molecule has 1 aliphatic rings. The fourth-order valence-electron chi connectivity index (χ4n) is 3.93. The molecular formula is C24H17BrClNO. The van der Waals surface area contributed by atoms with E-state index in [4.69, 9.17) is 16.3 Å². The molecule has 1 heterocycles. The Balaban J connectivity index is 1.75. The van der Waals surface area contributed by atoms with Gasteiger partial charge in [-0.1, -0.05) is 51.8 Å². The van der Waals surface area contributed by atoms with Crippen molar-refractivity contribution >= 4 is 50.1 Å². The van der Waals surface area contributed by atoms with Crippen molar-refractivity contribution in [2.24, 2.45) is 0 Å². The molecule has 138 valence electrons. The summed E-state index contributed by atoms with van der Waals surface area (Å²) in [5.41, 5.74) is 7.29. The van der Waals surface area contributed by atoms with Gasteiger partial charge in [-0.15, -0.1) is 0 Å². The number of nitrogens with zero attached hydrogens (tertiary/aromatic N) is 1. The number of aromatic nitrogens is 1. The molecule has 0 saturated carbocycles. The summed E-state index contributed by atoms with van der Waals surface area (Å²) in [5.74, 6) is 0.684. The number of fused-ring (bicyclic) bond motifs is 2. The minimum atomic E-state index is 0.624. The topological polar surface area (TPSA) is 14.2 Å². The third-order valence-electron chi connectivity index (χ3n) is 5.23. The van der Waals surface area contributed by atoms with Crippen molar-refractivity contribution in [1.29, 1.82) is 0 Å². The number of benzene rings is 3. The first kappa shape index (κ1) is 17.6. The van der Waals surface area contributed by atoms with E-state index in [9.17, 15) is 0 Å². The SMILES string of the molecule is COc1cc2c(cc1Cl)cc(C1=Cc3ccc(Br)cc3C1)n2-c1ccccc1. The second kappa shape index (κ2) is 6.84. The standard InChI is InChI=1S/C24H17BrClNO/c1-28-24-14-23-18(12-21(24)26)13-22(27(23)20-5-3-2-4-6-20)17-9-15-7-8-19(25)11-16(15)10-17/h2-9,11-14H,10H2,1H3. The van der Waals surface area contributed by atoms with Crippen molar-refractivity contribution in [3.05, 3.63) is 93.0 Å². The monoisotopic (exact) mass is 449 g/mol. The number of hydrogen-bond acceptors (Lipinski definition) is 1. The number of rotatable bonds is 3. The van der Waals surface area contributed by atoms with Gasteiger partial charge in [-0.05, 0) is 59.2 Å². The van der Waals surface area contributed by atoms with Crippen molar-refractivity contribution < 1.29 is 4.74 Å². The molecule has 0 N–H and O–H groups in total. The Morgan fingerprint density at radius 1 is 1.00 bits per heavy atom. The summed E-state index contributed by atoms with van der Waals surface area (Å²) in [4.78, 5) is 0. The average molecular weight is 451 g/mol. The van der Waals surface area contributed by atoms with Crippen molar-refractivity contribution in [2.45, 2.75) is 6.42 Å². The van der Waals surface area contributed by atoms with Gasteiger partial charge >= 0.3 is 0 Å². The summed E-state index contributed by atoms with van der Waals surface area (Å²) in [6.07, 6.45) is 3.19. The smallest absolute Gasteiger partial charge is 0.139 e. The van der Waals surface area contributed by atoms with Crippen molar-refractivity contribution in [3.63, 3.8) is 0 Å². The summed E-state index contributed by atoms with van der Waals surface area (Å²) >= 11 is 9.99. The molecule has 0 radical (unpaired) electrons. The van der Waals surface area contributed by atoms with Crippen LogP contribution in [0.15, 0.2) is 71.2 Å². The zero-order valence-electron chi connectivity index (χ0n) is 15.2. The zero-order valence-corrected chi connectivity index (χ0v) is 17.6. The molecule has 3 aromatic carbocycles. The first-order valence-electron chi connectivity index (χ1n) is 9.08. The number of para-hydroxylation sites is 1. The second-order valence-electron chi connectivity index (χ2n) is 6.94. The van der Waals surface area contributed by atoms with E-state index in [2.05, 4.69) is 75.1 Å². The number of halogens is 2. The molecule has 4 aromatic rings. The summed E-state index contributed by atoms with van der Waals surface area (Å²) in [5, 5.41) is 1.72. The molecule has 28 heavy (non-hydrogen) atoms. The van der Waals surface area contributed by atoms with E-state index >= 15 is 0 Å². The van der Waals surface area contributed by atoms with Crippen LogP contribution in [0.25, 0.3) is 28.2 Å². The molecule has 0 fully saturated rings. The summed E-state index contributed by atoms with van der Waals surface area (Å²) in [7, 11) is 1.65. The summed E-state index contributed by atoms with van der Waals surface area (Å²) < 4.78 is 8.88. The van der Waals surface area contributed by atoms with E-state index < -0.39 is 0 Å². The Bertz CT molecular complexity index is 1240. The molecular weight excluding hydrogens is 434 g/mol. The van der Waals surface area contributed by atoms with E-state index in [1.807, 2.05) is 18.2 Å². The van der Waals surface area contributed by atoms with Gasteiger partial charge in [-0.2, -0.15) is 0 Å². The molecule has 0 unspecified atom stereocenters. The molecule has 0 atom stereocenters. The molecule has 2 nitrogen and oxygen atoms in total. The number of ether oxygens (including phenoxy) is 1. The van der Waals surface area contributed by atoms with Crippen LogP contribution in [0, 0.1) is 0 Å². The van der Waals surface area contributed by atoms with Crippen LogP contribution >= 0.6 is 27.5 Å². The summed E-state index contributed by atoms with van der Waals surface area (Å²) in [6.45, 7) is 0. The Morgan fingerprint density at radius 3 is 2.61 bits per heavy atom. The lowest BCUT2D eigenvalue weighted by atomic mass is 10.1. The van der Waals surface area contributed by atoms with E-state index in [1.54, 1.807) is 7.11 Å². The van der Waals surface area contributed by atoms with Gasteiger partial charge in [-0.3, -0.25) is 0 Å². The van der Waals surface area contributed by atoms with Crippen LogP contribution in [0.3, 0.4) is 0 Å². The van der Waals surface area contributed by atoms with Crippen molar-refractivity contribution in [3.8, 4) is 11.4 Å². The molecule has 4 heteroatoms. The Morgan fingerprint density at radius 2 is 1.82 bits per heavy atom. The molecule has 0 saturated heterocycles. The molecule has 5 rings (SSSR count). The van der Waals surface area contributed by atoms with Crippen LogP contribution in [-0.4, -0.2) is 11.7 Å². The van der Waals surface area contributed by atoms with Crippen molar-refractivity contribution in [2.75, 3.05) is 7.11 Å². The van der Waals surface area contributed by atoms with Gasteiger partial charge in [0.25, 0.3) is 0 Å². The fourth-order valence-corrected chi connectivity index (χ4v) is 4.59. The van der Waals surface area contributed by atoms with Gasteiger partial charge in [0.05, 0.1) is 23.3 Å². The Labute approximate surface area is 177 Å². The van der Waals surface area contributed by atoms with E-state index in [0.717, 1.165) is 27.5 Å². The first-order chi connectivity index (χ1) is 13.6. The molecule has 0 amide bonds. The van der Waals surface area contributed by atoms with Crippen LogP contribution in [0.5, 0.6) is 5.75 Å². The maximum Gasteiger partial charge on any atom is 0.139 e. The molecule has 0 spiro atoms. The Hall–Kier alpha value is -2.49. The maximum atomic E-state index is 6.41. The van der Waals surface area contributed by atoms with Gasteiger partial charge in [0.15, 0.2) is 0 Å².